The van der Waals surface area contributed by atoms with Gasteiger partial charge in [0.15, 0.2) is 5.69 Å². The third-order valence-corrected chi connectivity index (χ3v) is 2.80. The van der Waals surface area contributed by atoms with E-state index in [9.17, 15) is 4.79 Å². The molecule has 5 heteroatoms. The summed E-state index contributed by atoms with van der Waals surface area (Å²) in [6.07, 6.45) is 0. The molecule has 0 bridgehead atoms. The van der Waals surface area contributed by atoms with Gasteiger partial charge < -0.3 is 10.1 Å². The van der Waals surface area contributed by atoms with Gasteiger partial charge in [-0.2, -0.15) is 0 Å². The number of nitrogens with one attached hydrogen (secondary N) is 1. The van der Waals surface area contributed by atoms with Gasteiger partial charge in [0.05, 0.1) is 7.11 Å². The minimum Gasteiger partial charge on any atom is -0.464 e. The molecule has 0 saturated carbocycles. The summed E-state index contributed by atoms with van der Waals surface area (Å²) in [6, 6.07) is 3.33. The van der Waals surface area contributed by atoms with Crippen LogP contribution in [0.2, 0.25) is 0 Å². The van der Waals surface area contributed by atoms with Crippen LogP contribution in [0, 0.1) is 11.8 Å². The van der Waals surface area contributed by atoms with E-state index in [1.54, 1.807) is 12.1 Å². The second-order valence-corrected chi connectivity index (χ2v) is 4.40. The van der Waals surface area contributed by atoms with Crippen LogP contribution in [-0.4, -0.2) is 29.8 Å². The highest BCUT2D eigenvalue weighted by Crippen LogP contribution is 2.11. The first kappa shape index (κ1) is 13.4. The van der Waals surface area contributed by atoms with E-state index in [1.165, 1.54) is 7.11 Å². The Bertz CT molecular complexity index is 363. The van der Waals surface area contributed by atoms with E-state index < -0.39 is 5.97 Å². The monoisotopic (exact) mass is 237 g/mol. The van der Waals surface area contributed by atoms with E-state index in [2.05, 4.69) is 41.0 Å². The Morgan fingerprint density at radius 1 is 1.35 bits per heavy atom. The fraction of sp³-hybridized carbons (Fsp3) is 0.583. The van der Waals surface area contributed by atoms with Crippen LogP contribution >= 0.6 is 0 Å². The molecule has 1 rings (SSSR count). The topological polar surface area (TPSA) is 64.1 Å². The maximum absolute atomic E-state index is 11.1. The van der Waals surface area contributed by atoms with Gasteiger partial charge >= 0.3 is 5.97 Å². The average Bonchev–Trinajstić information content (AvgIpc) is 2.35. The Hall–Kier alpha value is -1.65. The molecule has 0 aromatic carbocycles. The molecule has 17 heavy (non-hydrogen) atoms. The molecule has 1 aromatic heterocycles. The van der Waals surface area contributed by atoms with Gasteiger partial charge in [0.2, 0.25) is 0 Å². The molecule has 0 fully saturated rings. The Balaban J connectivity index is 2.54. The highest BCUT2D eigenvalue weighted by atomic mass is 16.5. The van der Waals surface area contributed by atoms with Crippen molar-refractivity contribution >= 4 is 11.8 Å². The zero-order chi connectivity index (χ0) is 12.8. The van der Waals surface area contributed by atoms with Gasteiger partial charge in [0, 0.05) is 6.54 Å². The molecule has 0 spiro atoms. The van der Waals surface area contributed by atoms with Crippen LogP contribution in [-0.2, 0) is 4.74 Å². The van der Waals surface area contributed by atoms with Gasteiger partial charge in [-0.25, -0.2) is 4.79 Å². The number of ether oxygens (including phenoxy) is 1. The van der Waals surface area contributed by atoms with E-state index in [4.69, 9.17) is 0 Å². The molecular weight excluding hydrogens is 218 g/mol. The highest BCUT2D eigenvalue weighted by molar-refractivity contribution is 5.86. The average molecular weight is 237 g/mol. The Morgan fingerprint density at radius 3 is 2.53 bits per heavy atom. The molecule has 5 nitrogen and oxygen atoms in total. The fourth-order valence-corrected chi connectivity index (χ4v) is 1.14. The number of anilines is 1. The molecule has 1 atom stereocenters. The first-order valence-corrected chi connectivity index (χ1v) is 5.70. The number of hydrogen-bond acceptors (Lipinski definition) is 5. The first-order chi connectivity index (χ1) is 8.04. The minimum atomic E-state index is -0.473. The molecule has 0 aliphatic rings. The Labute approximate surface area is 102 Å². The maximum Gasteiger partial charge on any atom is 0.358 e. The number of nitrogens with zero attached hydrogens (tertiary/aromatic N) is 2. The molecule has 1 N–H and O–H groups in total. The second kappa shape index (κ2) is 6.18. The van der Waals surface area contributed by atoms with Crippen LogP contribution in [0.1, 0.15) is 31.3 Å². The third kappa shape index (κ3) is 4.01. The molecule has 0 amide bonds. The summed E-state index contributed by atoms with van der Waals surface area (Å²) in [4.78, 5) is 11.1. The van der Waals surface area contributed by atoms with Gasteiger partial charge in [-0.1, -0.05) is 20.8 Å². The largest absolute Gasteiger partial charge is 0.464 e. The minimum absolute atomic E-state index is 0.218. The van der Waals surface area contributed by atoms with Gasteiger partial charge in [-0.05, 0) is 24.0 Å². The quantitative estimate of drug-likeness (QED) is 0.793. The summed E-state index contributed by atoms with van der Waals surface area (Å²) in [5.41, 5.74) is 0.218. The van der Waals surface area contributed by atoms with Gasteiger partial charge in [-0.15, -0.1) is 10.2 Å². The molecular formula is C12H19N3O2. The van der Waals surface area contributed by atoms with Crippen molar-refractivity contribution in [1.29, 1.82) is 0 Å². The smallest absolute Gasteiger partial charge is 0.358 e. The lowest BCUT2D eigenvalue weighted by Gasteiger charge is -2.16. The summed E-state index contributed by atoms with van der Waals surface area (Å²) in [6.45, 7) is 7.37. The molecule has 0 radical (unpaired) electrons. The number of carbonyl (C=O) groups is 1. The molecule has 0 aliphatic heterocycles. The summed E-state index contributed by atoms with van der Waals surface area (Å²) in [7, 11) is 1.32. The second-order valence-electron chi connectivity index (χ2n) is 4.40. The van der Waals surface area contributed by atoms with E-state index in [-0.39, 0.29) is 5.69 Å². The van der Waals surface area contributed by atoms with Crippen molar-refractivity contribution in [3.63, 3.8) is 0 Å². The zero-order valence-corrected chi connectivity index (χ0v) is 10.7. The van der Waals surface area contributed by atoms with Crippen molar-refractivity contribution in [3.8, 4) is 0 Å². The standard InChI is InChI=1S/C12H19N3O2/c1-8(2)9(3)7-13-11-6-5-10(14-15-11)12(16)17-4/h5-6,8-9H,7H2,1-4H3,(H,13,15). The fourth-order valence-electron chi connectivity index (χ4n) is 1.14. The number of esters is 1. The van der Waals surface area contributed by atoms with Crippen LogP contribution in [0.3, 0.4) is 0 Å². The van der Waals surface area contributed by atoms with Crippen molar-refractivity contribution in [1.82, 2.24) is 10.2 Å². The number of carbonyl (C=O) groups excluding carboxylic acids is 1. The van der Waals surface area contributed by atoms with Crippen LogP contribution in [0.15, 0.2) is 12.1 Å². The van der Waals surface area contributed by atoms with Gasteiger partial charge in [0.1, 0.15) is 5.82 Å². The predicted octanol–water partition coefficient (Wildman–Crippen LogP) is 1.97. The van der Waals surface area contributed by atoms with Crippen molar-refractivity contribution < 1.29 is 9.53 Å². The maximum atomic E-state index is 11.1. The third-order valence-electron chi connectivity index (χ3n) is 2.80. The van der Waals surface area contributed by atoms with Crippen LogP contribution in [0.25, 0.3) is 0 Å². The van der Waals surface area contributed by atoms with Crippen LogP contribution in [0.5, 0.6) is 0 Å². The summed E-state index contributed by atoms with van der Waals surface area (Å²) in [5, 5.41) is 10.9. The summed E-state index contributed by atoms with van der Waals surface area (Å²) >= 11 is 0. The highest BCUT2D eigenvalue weighted by Gasteiger charge is 2.09. The van der Waals surface area contributed by atoms with Crippen molar-refractivity contribution in [3.05, 3.63) is 17.8 Å². The molecule has 1 unspecified atom stereocenters. The zero-order valence-electron chi connectivity index (χ0n) is 10.7. The van der Waals surface area contributed by atoms with E-state index in [0.717, 1.165) is 6.54 Å². The van der Waals surface area contributed by atoms with Crippen molar-refractivity contribution in [2.24, 2.45) is 11.8 Å². The molecule has 1 heterocycles. The van der Waals surface area contributed by atoms with Gasteiger partial charge in [0.25, 0.3) is 0 Å². The molecule has 1 aromatic rings. The Morgan fingerprint density at radius 2 is 2.06 bits per heavy atom. The lowest BCUT2D eigenvalue weighted by Crippen LogP contribution is -2.17. The predicted molar refractivity (Wildman–Crippen MR) is 65.9 cm³/mol. The van der Waals surface area contributed by atoms with E-state index in [1.807, 2.05) is 0 Å². The van der Waals surface area contributed by atoms with E-state index >= 15 is 0 Å². The van der Waals surface area contributed by atoms with E-state index in [0.29, 0.717) is 17.7 Å². The summed E-state index contributed by atoms with van der Waals surface area (Å²) in [5.74, 6) is 1.37. The SMILES string of the molecule is COC(=O)c1ccc(NCC(C)C(C)C)nn1. The number of hydrogen-bond donors (Lipinski definition) is 1. The lowest BCUT2D eigenvalue weighted by molar-refractivity contribution is 0.0593. The van der Waals surface area contributed by atoms with Crippen molar-refractivity contribution in [2.45, 2.75) is 20.8 Å². The first-order valence-electron chi connectivity index (χ1n) is 5.70. The summed E-state index contributed by atoms with van der Waals surface area (Å²) < 4.78 is 4.54. The Kier molecular flexibility index (Phi) is 4.87. The molecule has 0 aliphatic carbocycles. The van der Waals surface area contributed by atoms with Crippen LogP contribution in [0.4, 0.5) is 5.82 Å². The number of rotatable bonds is 5. The lowest BCUT2D eigenvalue weighted by atomic mass is 9.98. The molecule has 94 valence electrons. The normalized spacial score (nSPS) is 12.3. The van der Waals surface area contributed by atoms with Gasteiger partial charge in [-0.3, -0.25) is 0 Å². The van der Waals surface area contributed by atoms with Crippen LogP contribution < -0.4 is 5.32 Å². The van der Waals surface area contributed by atoms with Crippen molar-refractivity contribution in [2.75, 3.05) is 19.0 Å². The molecule has 0 saturated heterocycles. The number of methoxy groups -OCH3 is 1. The number of aromatic nitrogens is 2.